The molecule has 0 heterocycles. The van der Waals surface area contributed by atoms with E-state index >= 15 is 0 Å². The Kier molecular flexibility index (Phi) is 22.3. The van der Waals surface area contributed by atoms with Gasteiger partial charge in [-0.25, -0.2) is 0 Å². The van der Waals surface area contributed by atoms with Crippen molar-refractivity contribution in [3.8, 4) is 89.0 Å². The first-order valence-electron chi connectivity index (χ1n) is 37.6. The summed E-state index contributed by atoms with van der Waals surface area (Å²) in [5, 5.41) is 0. The maximum absolute atomic E-state index is 2.40. The first-order chi connectivity index (χ1) is 53.9. The zero-order valence-corrected chi connectivity index (χ0v) is 61.8. The number of para-hydroxylation sites is 6. The van der Waals surface area contributed by atoms with Crippen LogP contribution in [-0.4, -0.2) is 0 Å². The van der Waals surface area contributed by atoms with Crippen molar-refractivity contribution in [1.29, 1.82) is 0 Å². The fourth-order valence-corrected chi connectivity index (χ4v) is 14.4. The Morgan fingerprint density at radius 3 is 0.532 bits per heavy atom. The van der Waals surface area contributed by atoms with Gasteiger partial charge in [-0.3, -0.25) is 0 Å². The lowest BCUT2D eigenvalue weighted by atomic mass is 9.98. The minimum Gasteiger partial charge on any atom is -0.309 e. The first kappa shape index (κ1) is 70.8. The van der Waals surface area contributed by atoms with Gasteiger partial charge in [0.15, 0.2) is 0 Å². The molecule has 17 aromatic rings. The molecule has 0 spiro atoms. The van der Waals surface area contributed by atoms with Gasteiger partial charge in [0.2, 0.25) is 0 Å². The second-order valence-electron chi connectivity index (χ2n) is 27.2. The Morgan fingerprint density at radius 2 is 0.321 bits per heavy atom. The highest BCUT2D eigenvalue weighted by Gasteiger charge is 2.24. The van der Waals surface area contributed by atoms with Crippen LogP contribution >= 0.6 is 0 Å². The third-order valence-corrected chi connectivity index (χ3v) is 20.0. The minimum atomic E-state index is 1.05. The Balaban J connectivity index is 0.000000131. The monoisotopic (exact) mass is 1400 g/mol. The summed E-state index contributed by atoms with van der Waals surface area (Å²) in [7, 11) is 0. The molecule has 0 aliphatic heterocycles. The summed E-state index contributed by atoms with van der Waals surface area (Å²) < 4.78 is 0. The Bertz CT molecular complexity index is 5480. The van der Waals surface area contributed by atoms with Gasteiger partial charge in [0.25, 0.3) is 0 Å². The van der Waals surface area contributed by atoms with Crippen LogP contribution in [0, 0.1) is 13.8 Å². The third-order valence-electron chi connectivity index (χ3n) is 20.0. The van der Waals surface area contributed by atoms with E-state index in [0.29, 0.717) is 0 Å². The van der Waals surface area contributed by atoms with Crippen LogP contribution in [0.3, 0.4) is 0 Å². The van der Waals surface area contributed by atoms with E-state index in [9.17, 15) is 0 Å². The summed E-state index contributed by atoms with van der Waals surface area (Å²) in [4.78, 5) is 7.17. The molecule has 0 saturated heterocycles. The molecule has 0 saturated carbocycles. The van der Waals surface area contributed by atoms with Gasteiger partial charge in [-0.15, -0.1) is 0 Å². The summed E-state index contributed by atoms with van der Waals surface area (Å²) >= 11 is 0. The maximum atomic E-state index is 2.40. The van der Waals surface area contributed by atoms with E-state index in [0.717, 1.165) is 57.6 Å². The van der Waals surface area contributed by atoms with Crippen LogP contribution in [0.15, 0.2) is 449 Å². The first-order valence-corrected chi connectivity index (χ1v) is 37.6. The van der Waals surface area contributed by atoms with Crippen LogP contribution < -0.4 is 14.7 Å². The number of rotatable bonds is 18. The van der Waals surface area contributed by atoms with E-state index in [1.165, 1.54) is 106 Å². The summed E-state index contributed by atoms with van der Waals surface area (Å²) in [6.07, 6.45) is 1.05. The average Bonchev–Trinajstić information content (AvgIpc) is 0.781. The molecule has 0 bridgehead atoms. The number of nitrogens with zero attached hydrogens (tertiary/aromatic N) is 3. The van der Waals surface area contributed by atoms with Crippen molar-refractivity contribution in [2.75, 3.05) is 14.7 Å². The molecule has 3 nitrogen and oxygen atoms in total. The molecule has 0 fully saturated rings. The normalized spacial score (nSPS) is 10.7. The van der Waals surface area contributed by atoms with Gasteiger partial charge in [0.1, 0.15) is 0 Å². The van der Waals surface area contributed by atoms with E-state index in [2.05, 4.69) is 484 Å². The van der Waals surface area contributed by atoms with Crippen molar-refractivity contribution < 1.29 is 0 Å². The fraction of sp³-hybridized carbons (Fsp3) is 0.0377. The summed E-state index contributed by atoms with van der Waals surface area (Å²) in [5.41, 5.74) is 33.4. The Morgan fingerprint density at radius 1 is 0.156 bits per heavy atom. The SMILES string of the molecule is CCc1ccc(-c2ccc(N(c3ccccc3-c3ccccc3)c3ccccc3-c3ccccc3)cc2)cc1.Cc1ccc(-c2ccc(N(c3ccccc3-c3ccccc3)c3ccccc3-c3ccccc3)cc2)cc1.Cc1ccc(N(c2ccccc2-c2ccccc2)c2ccccc2-c2ccccc2)cc1. The predicted molar refractivity (Wildman–Crippen MR) is 466 cm³/mol. The summed E-state index contributed by atoms with van der Waals surface area (Å²) in [5.74, 6) is 0. The Labute approximate surface area is 643 Å². The zero-order chi connectivity index (χ0) is 73.9. The second kappa shape index (κ2) is 34.4. The molecular formula is C106H85N3. The van der Waals surface area contributed by atoms with Crippen molar-refractivity contribution in [3.63, 3.8) is 0 Å². The van der Waals surface area contributed by atoms with Gasteiger partial charge in [-0.1, -0.05) is 394 Å². The molecule has 17 rings (SSSR count). The van der Waals surface area contributed by atoms with Gasteiger partial charge in [-0.05, 0) is 154 Å². The van der Waals surface area contributed by atoms with E-state index < -0.39 is 0 Å². The quantitative estimate of drug-likeness (QED) is 0.0848. The zero-order valence-electron chi connectivity index (χ0n) is 61.8. The van der Waals surface area contributed by atoms with Crippen molar-refractivity contribution in [2.45, 2.75) is 27.2 Å². The number of aryl methyl sites for hydroxylation is 3. The lowest BCUT2D eigenvalue weighted by Crippen LogP contribution is -2.12. The molecule has 524 valence electrons. The molecular weight excluding hydrogens is 1320 g/mol. The number of hydrogen-bond acceptors (Lipinski definition) is 3. The average molecular weight is 1400 g/mol. The molecule has 0 unspecified atom stereocenters. The van der Waals surface area contributed by atoms with Gasteiger partial charge in [-0.2, -0.15) is 0 Å². The van der Waals surface area contributed by atoms with Crippen LogP contribution in [0.2, 0.25) is 0 Å². The van der Waals surface area contributed by atoms with E-state index in [1.807, 2.05) is 0 Å². The van der Waals surface area contributed by atoms with Crippen molar-refractivity contribution in [1.82, 2.24) is 0 Å². The lowest BCUT2D eigenvalue weighted by Gasteiger charge is -2.30. The van der Waals surface area contributed by atoms with Crippen molar-refractivity contribution >= 4 is 51.2 Å². The molecule has 0 amide bonds. The van der Waals surface area contributed by atoms with Crippen LogP contribution in [0.5, 0.6) is 0 Å². The largest absolute Gasteiger partial charge is 0.309 e. The molecule has 109 heavy (non-hydrogen) atoms. The van der Waals surface area contributed by atoms with Gasteiger partial charge in [0.05, 0.1) is 34.1 Å². The minimum absolute atomic E-state index is 1.05. The maximum Gasteiger partial charge on any atom is 0.0540 e. The molecule has 0 atom stereocenters. The number of hydrogen-bond donors (Lipinski definition) is 0. The lowest BCUT2D eigenvalue weighted by molar-refractivity contribution is 1.14. The molecule has 0 aromatic heterocycles. The van der Waals surface area contributed by atoms with Crippen LogP contribution in [-0.2, 0) is 6.42 Å². The molecule has 0 N–H and O–H groups in total. The second-order valence-corrected chi connectivity index (χ2v) is 27.2. The Hall–Kier alpha value is -13.9. The molecule has 3 heteroatoms. The topological polar surface area (TPSA) is 9.72 Å². The van der Waals surface area contributed by atoms with Crippen molar-refractivity contribution in [2.24, 2.45) is 0 Å². The van der Waals surface area contributed by atoms with Gasteiger partial charge in [0, 0.05) is 50.4 Å². The number of anilines is 9. The third kappa shape index (κ3) is 16.5. The van der Waals surface area contributed by atoms with E-state index in [-0.39, 0.29) is 0 Å². The molecule has 0 aliphatic rings. The molecule has 17 aromatic carbocycles. The predicted octanol–water partition coefficient (Wildman–Crippen LogP) is 30.0. The van der Waals surface area contributed by atoms with E-state index in [4.69, 9.17) is 0 Å². The highest BCUT2D eigenvalue weighted by molar-refractivity contribution is 5.97. The fourth-order valence-electron chi connectivity index (χ4n) is 14.4. The molecule has 0 aliphatic carbocycles. The highest BCUT2D eigenvalue weighted by Crippen LogP contribution is 2.49. The van der Waals surface area contributed by atoms with Gasteiger partial charge < -0.3 is 14.7 Å². The number of benzene rings is 17. The van der Waals surface area contributed by atoms with Crippen LogP contribution in [0.4, 0.5) is 51.2 Å². The molecule has 0 radical (unpaired) electrons. The highest BCUT2D eigenvalue weighted by atomic mass is 15.2. The van der Waals surface area contributed by atoms with Crippen LogP contribution in [0.1, 0.15) is 23.6 Å². The standard InChI is InChI=1S/C38H31N.C37H29N.C31H25N/c1-2-29-21-23-30(24-22-29)31-25-27-34(28-26-31)39(37-19-11-9-17-35(37)32-13-5-3-6-14-32)38-20-12-10-18-36(38)33-15-7-4-8-16-33;1-28-20-22-29(23-21-28)30-24-26-33(27-25-30)38(36-18-10-8-16-34(36)31-12-4-2-5-13-31)37-19-11-9-17-35(37)32-14-6-3-7-15-32;1-24-20-22-27(23-21-24)32(30-18-10-8-16-28(30)25-12-4-2-5-13-25)31-19-11-9-17-29(31)26-14-6-3-7-15-26/h3-28H,2H2,1H3;2-27H,1H3;2-23H,1H3. The summed E-state index contributed by atoms with van der Waals surface area (Å²) in [6, 6.07) is 160. The summed E-state index contributed by atoms with van der Waals surface area (Å²) in [6.45, 7) is 6.45. The van der Waals surface area contributed by atoms with Gasteiger partial charge >= 0.3 is 0 Å². The smallest absolute Gasteiger partial charge is 0.0540 e. The van der Waals surface area contributed by atoms with Crippen LogP contribution in [0.25, 0.3) is 89.0 Å². The van der Waals surface area contributed by atoms with E-state index in [1.54, 1.807) is 0 Å². The van der Waals surface area contributed by atoms with Crippen molar-refractivity contribution in [3.05, 3.63) is 466 Å².